The first-order chi connectivity index (χ1) is 10.1. The lowest BCUT2D eigenvalue weighted by Crippen LogP contribution is -2.28. The van der Waals surface area contributed by atoms with E-state index in [1.54, 1.807) is 6.20 Å². The summed E-state index contributed by atoms with van der Waals surface area (Å²) in [7, 11) is 0. The summed E-state index contributed by atoms with van der Waals surface area (Å²) in [6.07, 6.45) is 4.92. The molecular formula is C16H18N2O3. The number of carbonyl (C=O) groups is 1. The average Bonchev–Trinajstić information content (AvgIpc) is 3.12. The highest BCUT2D eigenvalue weighted by Crippen LogP contribution is 2.29. The second-order valence-corrected chi connectivity index (χ2v) is 5.46. The predicted molar refractivity (Wildman–Crippen MR) is 78.7 cm³/mol. The van der Waals surface area contributed by atoms with Gasteiger partial charge < -0.3 is 14.8 Å². The maximum Gasteiger partial charge on any atom is 0.230 e. The van der Waals surface area contributed by atoms with Crippen LogP contribution in [0.15, 0.2) is 35.1 Å². The lowest BCUT2D eigenvalue weighted by molar-refractivity contribution is -0.122. The van der Waals surface area contributed by atoms with Crippen molar-refractivity contribution in [3.8, 4) is 11.5 Å². The molecule has 21 heavy (non-hydrogen) atoms. The smallest absolute Gasteiger partial charge is 0.230 e. The molecule has 1 aromatic carbocycles. The lowest BCUT2D eigenvalue weighted by atomic mass is 10.0. The molecule has 2 unspecified atom stereocenters. The molecule has 2 N–H and O–H groups in total. The Balaban J connectivity index is 1.81. The van der Waals surface area contributed by atoms with Crippen molar-refractivity contribution in [3.05, 3.63) is 36.2 Å². The number of aryl methyl sites for hydroxylation is 1. The van der Waals surface area contributed by atoms with Gasteiger partial charge in [-0.2, -0.15) is 0 Å². The van der Waals surface area contributed by atoms with Crippen molar-refractivity contribution in [3.63, 3.8) is 0 Å². The van der Waals surface area contributed by atoms with Crippen LogP contribution < -0.4 is 5.32 Å². The second-order valence-electron chi connectivity index (χ2n) is 5.46. The van der Waals surface area contributed by atoms with Crippen LogP contribution in [0.3, 0.4) is 0 Å². The highest BCUT2D eigenvalue weighted by atomic mass is 16.3. The standard InChI is InChI=1S/C16H18N2O3/c1-10-5-6-11(16-17-7-8-21-16)9-13(10)18-15(20)12-3-2-4-14(12)19/h5-9,12,14,19H,2-4H2,1H3,(H,18,20). The van der Waals surface area contributed by atoms with Gasteiger partial charge in [0.15, 0.2) is 0 Å². The first kappa shape index (κ1) is 13.8. The SMILES string of the molecule is Cc1ccc(-c2ncco2)cc1NC(=O)C1CCCC1O. The fourth-order valence-electron chi connectivity index (χ4n) is 2.73. The number of hydrogen-bond donors (Lipinski definition) is 2. The van der Waals surface area contributed by atoms with Gasteiger partial charge in [-0.3, -0.25) is 4.79 Å². The zero-order valence-electron chi connectivity index (χ0n) is 11.9. The Kier molecular flexibility index (Phi) is 3.75. The Labute approximate surface area is 123 Å². The Bertz CT molecular complexity index is 637. The molecule has 2 atom stereocenters. The van der Waals surface area contributed by atoms with Crippen molar-refractivity contribution < 1.29 is 14.3 Å². The van der Waals surface area contributed by atoms with Gasteiger partial charge in [0.2, 0.25) is 11.8 Å². The van der Waals surface area contributed by atoms with Gasteiger partial charge in [-0.25, -0.2) is 4.98 Å². The minimum atomic E-state index is -0.528. The van der Waals surface area contributed by atoms with Crippen molar-refractivity contribution >= 4 is 11.6 Å². The molecule has 1 saturated carbocycles. The predicted octanol–water partition coefficient (Wildman–Crippen LogP) is 2.75. The quantitative estimate of drug-likeness (QED) is 0.909. The summed E-state index contributed by atoms with van der Waals surface area (Å²) >= 11 is 0. The number of nitrogens with one attached hydrogen (secondary N) is 1. The molecule has 1 fully saturated rings. The molecule has 5 heteroatoms. The van der Waals surface area contributed by atoms with E-state index in [1.807, 2.05) is 25.1 Å². The molecule has 0 radical (unpaired) electrons. The topological polar surface area (TPSA) is 75.4 Å². The molecule has 0 spiro atoms. The van der Waals surface area contributed by atoms with Crippen molar-refractivity contribution in [1.29, 1.82) is 0 Å². The van der Waals surface area contributed by atoms with Gasteiger partial charge in [-0.15, -0.1) is 0 Å². The van der Waals surface area contributed by atoms with E-state index in [0.717, 1.165) is 29.7 Å². The molecule has 0 saturated heterocycles. The first-order valence-corrected chi connectivity index (χ1v) is 7.14. The van der Waals surface area contributed by atoms with E-state index in [0.29, 0.717) is 12.3 Å². The Morgan fingerprint density at radius 2 is 2.29 bits per heavy atom. The van der Waals surface area contributed by atoms with Gasteiger partial charge in [-0.1, -0.05) is 6.07 Å². The Morgan fingerprint density at radius 3 is 2.95 bits per heavy atom. The molecule has 3 rings (SSSR count). The molecule has 1 heterocycles. The molecule has 5 nitrogen and oxygen atoms in total. The highest BCUT2D eigenvalue weighted by Gasteiger charge is 2.31. The Hall–Kier alpha value is -2.14. The third-order valence-corrected chi connectivity index (χ3v) is 3.99. The van der Waals surface area contributed by atoms with Gasteiger partial charge >= 0.3 is 0 Å². The number of anilines is 1. The largest absolute Gasteiger partial charge is 0.445 e. The van der Waals surface area contributed by atoms with Crippen molar-refractivity contribution in [2.75, 3.05) is 5.32 Å². The summed E-state index contributed by atoms with van der Waals surface area (Å²) in [6, 6.07) is 5.67. The molecule has 2 aromatic rings. The molecular weight excluding hydrogens is 268 g/mol. The van der Waals surface area contributed by atoms with Crippen LogP contribution >= 0.6 is 0 Å². The number of aliphatic hydroxyl groups excluding tert-OH is 1. The number of aliphatic hydroxyl groups is 1. The van der Waals surface area contributed by atoms with Gasteiger partial charge in [0.1, 0.15) is 6.26 Å². The maximum absolute atomic E-state index is 12.3. The van der Waals surface area contributed by atoms with E-state index in [1.165, 1.54) is 6.26 Å². The summed E-state index contributed by atoms with van der Waals surface area (Å²) in [5.74, 6) is 0.0915. The normalized spacial score (nSPS) is 21.4. The van der Waals surface area contributed by atoms with Gasteiger partial charge in [0, 0.05) is 11.3 Å². The van der Waals surface area contributed by atoms with Crippen molar-refractivity contribution in [2.45, 2.75) is 32.3 Å². The van der Waals surface area contributed by atoms with E-state index in [4.69, 9.17) is 4.42 Å². The molecule has 1 aliphatic rings. The number of rotatable bonds is 3. The van der Waals surface area contributed by atoms with Crippen LogP contribution in [0.5, 0.6) is 0 Å². The summed E-state index contributed by atoms with van der Waals surface area (Å²) in [5, 5.41) is 12.7. The molecule has 1 amide bonds. The van der Waals surface area contributed by atoms with Gasteiger partial charge in [-0.05, 0) is 43.9 Å². The monoisotopic (exact) mass is 286 g/mol. The zero-order valence-corrected chi connectivity index (χ0v) is 11.9. The lowest BCUT2D eigenvalue weighted by Gasteiger charge is -2.16. The van der Waals surface area contributed by atoms with Crippen LogP contribution in [-0.4, -0.2) is 22.1 Å². The van der Waals surface area contributed by atoms with Crippen LogP contribution in [0.2, 0.25) is 0 Å². The third-order valence-electron chi connectivity index (χ3n) is 3.99. The Morgan fingerprint density at radius 1 is 1.43 bits per heavy atom. The number of amides is 1. The highest BCUT2D eigenvalue weighted by molar-refractivity contribution is 5.94. The fourth-order valence-corrected chi connectivity index (χ4v) is 2.73. The van der Waals surface area contributed by atoms with E-state index >= 15 is 0 Å². The van der Waals surface area contributed by atoms with E-state index < -0.39 is 6.10 Å². The van der Waals surface area contributed by atoms with Crippen LogP contribution in [0.4, 0.5) is 5.69 Å². The summed E-state index contributed by atoms with van der Waals surface area (Å²) < 4.78 is 5.27. The number of nitrogens with zero attached hydrogens (tertiary/aromatic N) is 1. The summed E-state index contributed by atoms with van der Waals surface area (Å²) in [5.41, 5.74) is 2.51. The van der Waals surface area contributed by atoms with Crippen LogP contribution in [0, 0.1) is 12.8 Å². The number of aromatic nitrogens is 1. The number of benzene rings is 1. The fraction of sp³-hybridized carbons (Fsp3) is 0.375. The minimum absolute atomic E-state index is 0.118. The maximum atomic E-state index is 12.3. The molecule has 0 aliphatic heterocycles. The van der Waals surface area contributed by atoms with Crippen LogP contribution in [0.25, 0.3) is 11.5 Å². The number of hydrogen-bond acceptors (Lipinski definition) is 4. The average molecular weight is 286 g/mol. The van der Waals surface area contributed by atoms with Crippen molar-refractivity contribution in [1.82, 2.24) is 4.98 Å². The van der Waals surface area contributed by atoms with Gasteiger partial charge in [0.25, 0.3) is 0 Å². The summed E-state index contributed by atoms with van der Waals surface area (Å²) in [6.45, 7) is 1.93. The number of carbonyl (C=O) groups excluding carboxylic acids is 1. The van der Waals surface area contributed by atoms with Crippen molar-refractivity contribution in [2.24, 2.45) is 5.92 Å². The second kappa shape index (κ2) is 5.69. The summed E-state index contributed by atoms with van der Waals surface area (Å²) in [4.78, 5) is 16.4. The number of oxazole rings is 1. The molecule has 110 valence electrons. The first-order valence-electron chi connectivity index (χ1n) is 7.14. The molecule has 1 aromatic heterocycles. The van der Waals surface area contributed by atoms with E-state index in [-0.39, 0.29) is 11.8 Å². The molecule has 0 bridgehead atoms. The van der Waals surface area contributed by atoms with Gasteiger partial charge in [0.05, 0.1) is 18.2 Å². The third kappa shape index (κ3) is 2.83. The zero-order chi connectivity index (χ0) is 14.8. The van der Waals surface area contributed by atoms with E-state index in [2.05, 4.69) is 10.3 Å². The van der Waals surface area contributed by atoms with E-state index in [9.17, 15) is 9.90 Å². The molecule has 1 aliphatic carbocycles. The van der Waals surface area contributed by atoms with Crippen LogP contribution in [-0.2, 0) is 4.79 Å². The minimum Gasteiger partial charge on any atom is -0.445 e. The van der Waals surface area contributed by atoms with Crippen LogP contribution in [0.1, 0.15) is 24.8 Å².